The Morgan fingerprint density at radius 2 is 1.71 bits per heavy atom. The van der Waals surface area contributed by atoms with Crippen LogP contribution in [0, 0.1) is 5.92 Å². The van der Waals surface area contributed by atoms with Crippen molar-refractivity contribution < 1.29 is 9.53 Å². The van der Waals surface area contributed by atoms with Crippen LogP contribution in [0.5, 0.6) is 0 Å². The van der Waals surface area contributed by atoms with E-state index in [2.05, 4.69) is 19.1 Å². The number of cyclic esters (lactones) is 1. The van der Waals surface area contributed by atoms with Gasteiger partial charge in [0.15, 0.2) is 0 Å². The molecule has 2 fully saturated rings. The van der Waals surface area contributed by atoms with E-state index in [-0.39, 0.29) is 12.1 Å². The SMILES string of the molecule is CC1CCC(N2C(=O)OC(C)(C)C2c2ccccc2)CC1. The van der Waals surface area contributed by atoms with E-state index in [9.17, 15) is 4.79 Å². The minimum absolute atomic E-state index is 0.0182. The number of hydrogen-bond donors (Lipinski definition) is 0. The average Bonchev–Trinajstić information content (AvgIpc) is 2.70. The average molecular weight is 287 g/mol. The van der Waals surface area contributed by atoms with Crippen molar-refractivity contribution in [2.75, 3.05) is 0 Å². The standard InChI is InChI=1S/C18H25NO2/c1-13-9-11-15(12-10-13)19-16(14-7-5-4-6-8-14)18(2,3)21-17(19)20/h4-8,13,15-16H,9-12H2,1-3H3. The third kappa shape index (κ3) is 2.66. The molecule has 1 amide bonds. The lowest BCUT2D eigenvalue weighted by Gasteiger charge is -2.37. The maximum atomic E-state index is 12.5. The van der Waals surface area contributed by atoms with Crippen molar-refractivity contribution >= 4 is 6.09 Å². The van der Waals surface area contributed by atoms with E-state index in [4.69, 9.17) is 4.74 Å². The van der Waals surface area contributed by atoms with Crippen LogP contribution in [0.1, 0.15) is 58.1 Å². The number of carbonyl (C=O) groups is 1. The second-order valence-electron chi connectivity index (χ2n) is 7.11. The predicted octanol–water partition coefficient (Wildman–Crippen LogP) is 4.54. The summed E-state index contributed by atoms with van der Waals surface area (Å²) in [5.74, 6) is 0.781. The Morgan fingerprint density at radius 1 is 1.10 bits per heavy atom. The van der Waals surface area contributed by atoms with Gasteiger partial charge in [0, 0.05) is 6.04 Å². The molecule has 2 aliphatic rings. The Labute approximate surface area is 127 Å². The van der Waals surface area contributed by atoms with Gasteiger partial charge in [-0.2, -0.15) is 0 Å². The summed E-state index contributed by atoms with van der Waals surface area (Å²) in [4.78, 5) is 14.5. The summed E-state index contributed by atoms with van der Waals surface area (Å²) >= 11 is 0. The Bertz CT molecular complexity index is 503. The molecule has 21 heavy (non-hydrogen) atoms. The molecule has 0 radical (unpaired) electrons. The molecule has 0 spiro atoms. The van der Waals surface area contributed by atoms with E-state index in [1.54, 1.807) is 0 Å². The van der Waals surface area contributed by atoms with Crippen LogP contribution in [0.15, 0.2) is 30.3 Å². The van der Waals surface area contributed by atoms with Crippen molar-refractivity contribution in [3.63, 3.8) is 0 Å². The lowest BCUT2D eigenvalue weighted by atomic mass is 9.84. The molecule has 1 unspecified atom stereocenters. The molecule has 114 valence electrons. The summed E-state index contributed by atoms with van der Waals surface area (Å²) in [6.45, 7) is 6.35. The maximum absolute atomic E-state index is 12.5. The molecular formula is C18H25NO2. The number of rotatable bonds is 2. The van der Waals surface area contributed by atoms with Gasteiger partial charge < -0.3 is 4.74 Å². The Hall–Kier alpha value is -1.51. The van der Waals surface area contributed by atoms with Gasteiger partial charge >= 0.3 is 6.09 Å². The normalized spacial score (nSPS) is 32.0. The predicted molar refractivity (Wildman–Crippen MR) is 83.0 cm³/mol. The van der Waals surface area contributed by atoms with Gasteiger partial charge in [0.05, 0.1) is 6.04 Å². The molecule has 1 heterocycles. The monoisotopic (exact) mass is 287 g/mol. The van der Waals surface area contributed by atoms with Gasteiger partial charge in [-0.15, -0.1) is 0 Å². The van der Waals surface area contributed by atoms with Crippen LogP contribution in [-0.4, -0.2) is 22.6 Å². The fourth-order valence-corrected chi connectivity index (χ4v) is 3.85. The minimum atomic E-state index is -0.471. The van der Waals surface area contributed by atoms with Gasteiger partial charge in [0.1, 0.15) is 5.60 Å². The second-order valence-corrected chi connectivity index (χ2v) is 7.11. The van der Waals surface area contributed by atoms with Gasteiger partial charge in [0.25, 0.3) is 0 Å². The first-order valence-electron chi connectivity index (χ1n) is 8.05. The quantitative estimate of drug-likeness (QED) is 0.799. The Kier molecular flexibility index (Phi) is 3.68. The summed E-state index contributed by atoms with van der Waals surface area (Å²) in [5, 5.41) is 0. The topological polar surface area (TPSA) is 29.5 Å². The highest BCUT2D eigenvalue weighted by atomic mass is 16.6. The number of amides is 1. The lowest BCUT2D eigenvalue weighted by Crippen LogP contribution is -2.42. The first kappa shape index (κ1) is 14.4. The highest BCUT2D eigenvalue weighted by Crippen LogP contribution is 2.44. The first-order chi connectivity index (χ1) is 9.99. The smallest absolute Gasteiger partial charge is 0.411 e. The molecule has 3 rings (SSSR count). The number of carbonyl (C=O) groups excluding carboxylic acids is 1. The molecule has 0 bridgehead atoms. The van der Waals surface area contributed by atoms with E-state index in [0.29, 0.717) is 6.04 Å². The second kappa shape index (κ2) is 5.36. The molecule has 1 saturated carbocycles. The largest absolute Gasteiger partial charge is 0.441 e. The third-order valence-electron chi connectivity index (χ3n) is 4.99. The van der Waals surface area contributed by atoms with Crippen molar-refractivity contribution in [2.45, 2.75) is 64.1 Å². The van der Waals surface area contributed by atoms with Crippen LogP contribution >= 0.6 is 0 Å². The van der Waals surface area contributed by atoms with Gasteiger partial charge in [-0.05, 0) is 51.0 Å². The zero-order chi connectivity index (χ0) is 15.0. The Balaban J connectivity index is 1.91. The molecule has 1 aromatic rings. The molecule has 1 aliphatic carbocycles. The van der Waals surface area contributed by atoms with E-state index >= 15 is 0 Å². The lowest BCUT2D eigenvalue weighted by molar-refractivity contribution is 0.0662. The molecule has 3 nitrogen and oxygen atoms in total. The number of hydrogen-bond acceptors (Lipinski definition) is 2. The molecule has 1 aliphatic heterocycles. The van der Waals surface area contributed by atoms with Crippen molar-refractivity contribution in [2.24, 2.45) is 5.92 Å². The molecule has 1 atom stereocenters. The van der Waals surface area contributed by atoms with E-state index in [1.165, 1.54) is 18.4 Å². The number of ether oxygens (including phenoxy) is 1. The van der Waals surface area contributed by atoms with Crippen LogP contribution < -0.4 is 0 Å². The summed E-state index contributed by atoms with van der Waals surface area (Å²) in [5.41, 5.74) is 0.702. The third-order valence-corrected chi connectivity index (χ3v) is 4.99. The highest BCUT2D eigenvalue weighted by Gasteiger charge is 2.51. The fraction of sp³-hybridized carbons (Fsp3) is 0.611. The van der Waals surface area contributed by atoms with Gasteiger partial charge in [0.2, 0.25) is 0 Å². The Morgan fingerprint density at radius 3 is 2.33 bits per heavy atom. The van der Waals surface area contributed by atoms with Crippen LogP contribution in [-0.2, 0) is 4.74 Å². The number of nitrogens with zero attached hydrogens (tertiary/aromatic N) is 1. The first-order valence-corrected chi connectivity index (χ1v) is 8.05. The fourth-order valence-electron chi connectivity index (χ4n) is 3.85. The summed E-state index contributed by atoms with van der Waals surface area (Å²) in [6, 6.07) is 10.6. The highest BCUT2D eigenvalue weighted by molar-refractivity contribution is 5.72. The van der Waals surface area contributed by atoms with Crippen LogP contribution in [0.25, 0.3) is 0 Å². The van der Waals surface area contributed by atoms with Gasteiger partial charge in [-0.1, -0.05) is 37.3 Å². The molecule has 1 aromatic carbocycles. The van der Waals surface area contributed by atoms with Crippen molar-refractivity contribution in [3.05, 3.63) is 35.9 Å². The molecule has 3 heteroatoms. The summed E-state index contributed by atoms with van der Waals surface area (Å²) in [7, 11) is 0. The van der Waals surface area contributed by atoms with Crippen LogP contribution in [0.2, 0.25) is 0 Å². The van der Waals surface area contributed by atoms with E-state index < -0.39 is 5.60 Å². The summed E-state index contributed by atoms with van der Waals surface area (Å²) in [6.07, 6.45) is 4.45. The van der Waals surface area contributed by atoms with E-state index in [1.807, 2.05) is 36.9 Å². The van der Waals surface area contributed by atoms with Gasteiger partial charge in [-0.25, -0.2) is 4.79 Å². The zero-order valence-electron chi connectivity index (χ0n) is 13.2. The maximum Gasteiger partial charge on any atom is 0.411 e. The van der Waals surface area contributed by atoms with Gasteiger partial charge in [-0.3, -0.25) is 4.90 Å². The zero-order valence-corrected chi connectivity index (χ0v) is 13.2. The minimum Gasteiger partial charge on any atom is -0.441 e. The molecule has 1 saturated heterocycles. The van der Waals surface area contributed by atoms with Crippen LogP contribution in [0.3, 0.4) is 0 Å². The summed E-state index contributed by atoms with van der Waals surface area (Å²) < 4.78 is 5.70. The van der Waals surface area contributed by atoms with Crippen molar-refractivity contribution in [3.8, 4) is 0 Å². The molecular weight excluding hydrogens is 262 g/mol. The molecule has 0 N–H and O–H groups in total. The van der Waals surface area contributed by atoms with Crippen molar-refractivity contribution in [1.82, 2.24) is 4.90 Å². The molecule has 0 aromatic heterocycles. The van der Waals surface area contributed by atoms with Crippen LogP contribution in [0.4, 0.5) is 4.79 Å². The number of benzene rings is 1. The van der Waals surface area contributed by atoms with E-state index in [0.717, 1.165) is 18.8 Å². The van der Waals surface area contributed by atoms with Crippen molar-refractivity contribution in [1.29, 1.82) is 0 Å².